The molecule has 3 rings (SSSR count). The van der Waals surface area contributed by atoms with Crippen LogP contribution in [0.4, 0.5) is 5.69 Å². The van der Waals surface area contributed by atoms with E-state index in [1.54, 1.807) is 24.3 Å². The summed E-state index contributed by atoms with van der Waals surface area (Å²) in [6.07, 6.45) is 0. The minimum absolute atomic E-state index is 0.0141. The molecule has 0 bridgehead atoms. The Balaban J connectivity index is 2.03. The van der Waals surface area contributed by atoms with Crippen LogP contribution in [0.3, 0.4) is 0 Å². The summed E-state index contributed by atoms with van der Waals surface area (Å²) < 4.78 is 11.9. The molecule has 26 heavy (non-hydrogen) atoms. The Bertz CT molecular complexity index is 974. The second kappa shape index (κ2) is 7.40. The van der Waals surface area contributed by atoms with E-state index < -0.39 is 5.97 Å². The second-order valence-corrected chi connectivity index (χ2v) is 5.37. The third kappa shape index (κ3) is 3.21. The first kappa shape index (κ1) is 17.0. The maximum atomic E-state index is 12.1. The van der Waals surface area contributed by atoms with E-state index in [2.05, 4.69) is 5.10 Å². The number of para-hydroxylation sites is 2. The van der Waals surface area contributed by atoms with Crippen LogP contribution in [0.5, 0.6) is 5.75 Å². The number of benzene rings is 2. The predicted molar refractivity (Wildman–Crippen MR) is 94.8 cm³/mol. The zero-order valence-corrected chi connectivity index (χ0v) is 14.0. The predicted octanol–water partition coefficient (Wildman–Crippen LogP) is 2.69. The highest BCUT2D eigenvalue weighted by molar-refractivity contribution is 5.95. The van der Waals surface area contributed by atoms with Gasteiger partial charge in [0, 0.05) is 0 Å². The molecule has 0 aliphatic carbocycles. The Hall–Kier alpha value is -3.79. The summed E-state index contributed by atoms with van der Waals surface area (Å²) in [7, 11) is 1.24. The number of nitriles is 1. The molecule has 1 heterocycles. The minimum Gasteiger partial charge on any atom is -0.487 e. The van der Waals surface area contributed by atoms with E-state index in [9.17, 15) is 10.1 Å². The van der Waals surface area contributed by atoms with Crippen LogP contribution in [-0.4, -0.2) is 22.9 Å². The number of nitrogens with two attached hydrogens (primary N) is 1. The number of rotatable bonds is 5. The van der Waals surface area contributed by atoms with Gasteiger partial charge in [-0.25, -0.2) is 9.48 Å². The van der Waals surface area contributed by atoms with Crippen molar-refractivity contribution in [3.05, 3.63) is 71.5 Å². The van der Waals surface area contributed by atoms with Crippen LogP contribution in [0.15, 0.2) is 54.6 Å². The van der Waals surface area contributed by atoms with E-state index in [0.29, 0.717) is 18.0 Å². The average Bonchev–Trinajstić information content (AvgIpc) is 3.03. The van der Waals surface area contributed by atoms with Crippen molar-refractivity contribution < 1.29 is 14.3 Å². The van der Waals surface area contributed by atoms with Gasteiger partial charge in [-0.15, -0.1) is 0 Å². The molecule has 1 aromatic heterocycles. The molecule has 2 aromatic carbocycles. The van der Waals surface area contributed by atoms with Crippen molar-refractivity contribution in [3.8, 4) is 17.5 Å². The number of ether oxygens (including phenoxy) is 2. The van der Waals surface area contributed by atoms with Crippen LogP contribution in [-0.2, 0) is 11.3 Å². The molecule has 0 fully saturated rings. The van der Waals surface area contributed by atoms with E-state index in [-0.39, 0.29) is 17.1 Å². The van der Waals surface area contributed by atoms with Crippen LogP contribution in [0.1, 0.15) is 21.7 Å². The van der Waals surface area contributed by atoms with E-state index in [1.165, 1.54) is 11.8 Å². The molecular formula is C19H16N4O3. The smallest absolute Gasteiger partial charge is 0.359 e. The maximum absolute atomic E-state index is 12.1. The molecule has 130 valence electrons. The zero-order valence-electron chi connectivity index (χ0n) is 14.0. The third-order valence-electron chi connectivity index (χ3n) is 3.74. The van der Waals surface area contributed by atoms with Crippen LogP contribution < -0.4 is 10.5 Å². The molecule has 7 heteroatoms. The zero-order chi connectivity index (χ0) is 18.5. The maximum Gasteiger partial charge on any atom is 0.359 e. The Morgan fingerprint density at radius 2 is 1.88 bits per heavy atom. The lowest BCUT2D eigenvalue weighted by molar-refractivity contribution is 0.0591. The Morgan fingerprint density at radius 1 is 1.19 bits per heavy atom. The van der Waals surface area contributed by atoms with Crippen LogP contribution in [0.2, 0.25) is 0 Å². The number of esters is 1. The molecule has 0 unspecified atom stereocenters. The topological polar surface area (TPSA) is 103 Å². The Morgan fingerprint density at radius 3 is 2.58 bits per heavy atom. The highest BCUT2D eigenvalue weighted by Crippen LogP contribution is 2.28. The number of hydrogen-bond donors (Lipinski definition) is 1. The molecule has 0 atom stereocenters. The van der Waals surface area contributed by atoms with Crippen molar-refractivity contribution in [1.29, 1.82) is 5.26 Å². The minimum atomic E-state index is -0.686. The summed E-state index contributed by atoms with van der Waals surface area (Å²) in [5, 5.41) is 13.3. The molecule has 7 nitrogen and oxygen atoms in total. The monoisotopic (exact) mass is 348 g/mol. The number of nitrogen functional groups attached to an aromatic ring is 1. The summed E-state index contributed by atoms with van der Waals surface area (Å²) in [5.74, 6) is -0.192. The average molecular weight is 348 g/mol. The van der Waals surface area contributed by atoms with E-state index in [4.69, 9.17) is 15.2 Å². The molecule has 0 saturated carbocycles. The van der Waals surface area contributed by atoms with E-state index in [0.717, 1.165) is 5.56 Å². The van der Waals surface area contributed by atoms with E-state index in [1.807, 2.05) is 36.4 Å². The fourth-order valence-corrected chi connectivity index (χ4v) is 2.47. The van der Waals surface area contributed by atoms with Gasteiger partial charge in [0.2, 0.25) is 0 Å². The number of aromatic nitrogens is 2. The molecule has 0 spiro atoms. The molecule has 0 aliphatic heterocycles. The summed E-state index contributed by atoms with van der Waals surface area (Å²) in [5.41, 5.74) is 7.28. The normalized spacial score (nSPS) is 10.2. The molecule has 0 saturated heterocycles. The van der Waals surface area contributed by atoms with Gasteiger partial charge in [0.1, 0.15) is 29.8 Å². The molecule has 0 aliphatic rings. The lowest BCUT2D eigenvalue weighted by Crippen LogP contribution is -2.13. The van der Waals surface area contributed by atoms with Gasteiger partial charge in [-0.1, -0.05) is 42.5 Å². The van der Waals surface area contributed by atoms with Crippen molar-refractivity contribution in [1.82, 2.24) is 9.78 Å². The van der Waals surface area contributed by atoms with Crippen molar-refractivity contribution in [3.63, 3.8) is 0 Å². The van der Waals surface area contributed by atoms with Gasteiger partial charge in [-0.05, 0) is 17.7 Å². The highest BCUT2D eigenvalue weighted by atomic mass is 16.5. The van der Waals surface area contributed by atoms with Gasteiger partial charge in [-0.3, -0.25) is 0 Å². The highest BCUT2D eigenvalue weighted by Gasteiger charge is 2.25. The standard InChI is InChI=1S/C19H16N4O3/c1-25-19(24)18-17(21)14(11-20)22-23(18)15-9-5-6-10-16(15)26-12-13-7-3-2-4-8-13/h2-10H,12,21H2,1H3. The van der Waals surface area contributed by atoms with Gasteiger partial charge in [0.15, 0.2) is 11.4 Å². The Kier molecular flexibility index (Phi) is 4.85. The van der Waals surface area contributed by atoms with Gasteiger partial charge in [-0.2, -0.15) is 10.4 Å². The molecule has 3 aromatic rings. The van der Waals surface area contributed by atoms with Gasteiger partial charge in [0.05, 0.1) is 7.11 Å². The summed E-state index contributed by atoms with van der Waals surface area (Å²) in [4.78, 5) is 12.1. The third-order valence-corrected chi connectivity index (χ3v) is 3.74. The first-order chi connectivity index (χ1) is 12.7. The van der Waals surface area contributed by atoms with Crippen LogP contribution >= 0.6 is 0 Å². The first-order valence-electron chi connectivity index (χ1n) is 7.78. The summed E-state index contributed by atoms with van der Waals surface area (Å²) in [6.45, 7) is 0.341. The number of methoxy groups -OCH3 is 1. The Labute approximate surface area is 150 Å². The second-order valence-electron chi connectivity index (χ2n) is 5.37. The van der Waals surface area contributed by atoms with Crippen molar-refractivity contribution in [2.75, 3.05) is 12.8 Å². The molecule has 0 radical (unpaired) electrons. The van der Waals surface area contributed by atoms with Gasteiger partial charge in [0.25, 0.3) is 0 Å². The number of carbonyl (C=O) groups is 1. The SMILES string of the molecule is COC(=O)c1c(N)c(C#N)nn1-c1ccccc1OCc1ccccc1. The van der Waals surface area contributed by atoms with Gasteiger partial charge < -0.3 is 15.2 Å². The van der Waals surface area contributed by atoms with Crippen LogP contribution in [0.25, 0.3) is 5.69 Å². The fraction of sp³-hybridized carbons (Fsp3) is 0.105. The molecule has 0 amide bonds. The number of nitrogens with zero attached hydrogens (tertiary/aromatic N) is 3. The van der Waals surface area contributed by atoms with Crippen LogP contribution in [0, 0.1) is 11.3 Å². The van der Waals surface area contributed by atoms with Crippen molar-refractivity contribution in [2.24, 2.45) is 0 Å². The van der Waals surface area contributed by atoms with Gasteiger partial charge >= 0.3 is 5.97 Å². The lowest BCUT2D eigenvalue weighted by Gasteiger charge is -2.13. The largest absolute Gasteiger partial charge is 0.487 e. The molecule has 2 N–H and O–H groups in total. The van der Waals surface area contributed by atoms with E-state index >= 15 is 0 Å². The summed E-state index contributed by atoms with van der Waals surface area (Å²) in [6, 6.07) is 18.6. The molecular weight excluding hydrogens is 332 g/mol. The summed E-state index contributed by atoms with van der Waals surface area (Å²) >= 11 is 0. The number of anilines is 1. The fourth-order valence-electron chi connectivity index (χ4n) is 2.47. The number of hydrogen-bond acceptors (Lipinski definition) is 6. The van der Waals surface area contributed by atoms with Crippen molar-refractivity contribution in [2.45, 2.75) is 6.61 Å². The quantitative estimate of drug-likeness (QED) is 0.711. The number of carbonyl (C=O) groups excluding carboxylic acids is 1. The van der Waals surface area contributed by atoms with Crippen molar-refractivity contribution >= 4 is 11.7 Å². The first-order valence-corrected chi connectivity index (χ1v) is 7.78. The lowest BCUT2D eigenvalue weighted by atomic mass is 10.2.